The second-order valence-electron chi connectivity index (χ2n) is 8.44. The number of anilines is 1. The Balaban J connectivity index is 1.77. The number of nitrogens with zero attached hydrogens (tertiary/aromatic N) is 2. The maximum atomic E-state index is 14.1. The molecule has 0 N–H and O–H groups in total. The standard InChI is InChI=1S/C27H21ClN2O5/c1-35-21(31)16-29-24(32)22-23(26(34)30(25(22)33)20-14-12-19(28)13-15-20)27(29,17-8-4-2-5-9-17)18-10-6-3-7-11-18/h2-15,22-23H,16H2,1H3. The van der Waals surface area contributed by atoms with Gasteiger partial charge in [-0.1, -0.05) is 72.3 Å². The van der Waals surface area contributed by atoms with E-state index in [0.29, 0.717) is 21.8 Å². The van der Waals surface area contributed by atoms with Crippen molar-refractivity contribution in [1.29, 1.82) is 0 Å². The van der Waals surface area contributed by atoms with E-state index in [2.05, 4.69) is 0 Å². The van der Waals surface area contributed by atoms with Crippen molar-refractivity contribution < 1.29 is 23.9 Å². The fourth-order valence-electron chi connectivity index (χ4n) is 5.31. The molecule has 2 heterocycles. The van der Waals surface area contributed by atoms with Gasteiger partial charge >= 0.3 is 5.97 Å². The lowest BCUT2D eigenvalue weighted by molar-refractivity contribution is -0.149. The first-order valence-corrected chi connectivity index (χ1v) is 11.4. The first-order valence-electron chi connectivity index (χ1n) is 11.0. The van der Waals surface area contributed by atoms with Crippen LogP contribution in [0.4, 0.5) is 5.69 Å². The number of imide groups is 1. The van der Waals surface area contributed by atoms with E-state index < -0.39 is 47.6 Å². The molecule has 0 aromatic heterocycles. The molecule has 0 bridgehead atoms. The maximum absolute atomic E-state index is 14.1. The number of rotatable bonds is 5. The summed E-state index contributed by atoms with van der Waals surface area (Å²) in [5, 5.41) is 0.455. The predicted octanol–water partition coefficient (Wildman–Crippen LogP) is 3.40. The van der Waals surface area contributed by atoms with Crippen LogP contribution in [-0.2, 0) is 29.5 Å². The zero-order valence-electron chi connectivity index (χ0n) is 18.8. The molecule has 0 spiro atoms. The first kappa shape index (κ1) is 22.8. The Kier molecular flexibility index (Phi) is 5.65. The summed E-state index contributed by atoms with van der Waals surface area (Å²) in [6.07, 6.45) is 0. The van der Waals surface area contributed by atoms with Crippen LogP contribution < -0.4 is 4.90 Å². The zero-order valence-corrected chi connectivity index (χ0v) is 19.5. The van der Waals surface area contributed by atoms with Gasteiger partial charge in [-0.2, -0.15) is 0 Å². The normalized spacial score (nSPS) is 20.8. The Hall–Kier alpha value is -3.97. The summed E-state index contributed by atoms with van der Waals surface area (Å²) in [5.41, 5.74) is 0.179. The van der Waals surface area contributed by atoms with Crippen LogP contribution in [0, 0.1) is 11.8 Å². The van der Waals surface area contributed by atoms with Crippen LogP contribution >= 0.6 is 11.6 Å². The number of benzene rings is 3. The highest BCUT2D eigenvalue weighted by atomic mass is 35.5. The highest BCUT2D eigenvalue weighted by Gasteiger charge is 2.70. The van der Waals surface area contributed by atoms with Crippen molar-refractivity contribution in [3.63, 3.8) is 0 Å². The highest BCUT2D eigenvalue weighted by molar-refractivity contribution is 6.31. The molecule has 35 heavy (non-hydrogen) atoms. The Morgan fingerprint density at radius 2 is 1.37 bits per heavy atom. The fourth-order valence-corrected chi connectivity index (χ4v) is 5.44. The minimum absolute atomic E-state index is 0.334. The van der Waals surface area contributed by atoms with Gasteiger partial charge in [-0.3, -0.25) is 19.2 Å². The number of hydrogen-bond donors (Lipinski definition) is 0. The molecule has 8 heteroatoms. The number of hydrogen-bond acceptors (Lipinski definition) is 5. The van der Waals surface area contributed by atoms with Gasteiger partial charge in [0.05, 0.1) is 18.7 Å². The number of carbonyl (C=O) groups excluding carboxylic acids is 4. The molecule has 2 fully saturated rings. The van der Waals surface area contributed by atoms with Gasteiger partial charge in [0, 0.05) is 5.02 Å². The number of carbonyl (C=O) groups is 4. The Morgan fingerprint density at radius 1 is 0.829 bits per heavy atom. The molecule has 7 nitrogen and oxygen atoms in total. The van der Waals surface area contributed by atoms with Crippen LogP contribution in [0.25, 0.3) is 0 Å². The number of methoxy groups -OCH3 is 1. The van der Waals surface area contributed by atoms with E-state index in [-0.39, 0.29) is 0 Å². The van der Waals surface area contributed by atoms with Crippen LogP contribution in [0.5, 0.6) is 0 Å². The third kappa shape index (κ3) is 3.34. The van der Waals surface area contributed by atoms with Crippen LogP contribution in [-0.4, -0.2) is 42.2 Å². The molecular weight excluding hydrogens is 468 g/mol. The monoisotopic (exact) mass is 488 g/mol. The number of amides is 3. The predicted molar refractivity (Wildman–Crippen MR) is 128 cm³/mol. The van der Waals surface area contributed by atoms with Gasteiger partial charge in [0.1, 0.15) is 18.0 Å². The molecule has 0 radical (unpaired) electrons. The van der Waals surface area contributed by atoms with Gasteiger partial charge in [0.15, 0.2) is 0 Å². The quantitative estimate of drug-likeness (QED) is 0.312. The molecule has 5 rings (SSSR count). The Labute approximate surface area is 206 Å². The van der Waals surface area contributed by atoms with Crippen LogP contribution in [0.2, 0.25) is 5.02 Å². The second-order valence-corrected chi connectivity index (χ2v) is 8.88. The van der Waals surface area contributed by atoms with Crippen molar-refractivity contribution >= 4 is 41.0 Å². The highest BCUT2D eigenvalue weighted by Crippen LogP contribution is 2.55. The minimum Gasteiger partial charge on any atom is -0.468 e. The Bertz CT molecular complexity index is 1270. The summed E-state index contributed by atoms with van der Waals surface area (Å²) in [4.78, 5) is 56.4. The van der Waals surface area contributed by atoms with E-state index in [0.717, 1.165) is 4.90 Å². The molecule has 2 aliphatic heterocycles. The number of esters is 1. The number of halogens is 1. The van der Waals surface area contributed by atoms with Crippen LogP contribution in [0.15, 0.2) is 84.9 Å². The molecule has 2 atom stereocenters. The van der Waals surface area contributed by atoms with Gasteiger partial charge in [-0.25, -0.2) is 4.90 Å². The Morgan fingerprint density at radius 3 is 1.89 bits per heavy atom. The number of ether oxygens (including phenoxy) is 1. The summed E-state index contributed by atoms with van der Waals surface area (Å²) in [7, 11) is 1.23. The van der Waals surface area contributed by atoms with Gasteiger partial charge in [0.25, 0.3) is 0 Å². The molecular formula is C27H21ClN2O5. The summed E-state index contributed by atoms with van der Waals surface area (Å²) in [6.45, 7) is -0.409. The van der Waals surface area contributed by atoms with Crippen molar-refractivity contribution in [2.45, 2.75) is 5.54 Å². The largest absolute Gasteiger partial charge is 0.468 e. The van der Waals surface area contributed by atoms with Gasteiger partial charge in [-0.15, -0.1) is 0 Å². The second kappa shape index (κ2) is 8.67. The zero-order chi connectivity index (χ0) is 24.7. The van der Waals surface area contributed by atoms with Crippen molar-refractivity contribution in [2.75, 3.05) is 18.6 Å². The van der Waals surface area contributed by atoms with Crippen molar-refractivity contribution in [2.24, 2.45) is 11.8 Å². The average Bonchev–Trinajstić information content (AvgIpc) is 3.30. The fraction of sp³-hybridized carbons (Fsp3) is 0.185. The van der Waals surface area contributed by atoms with Crippen molar-refractivity contribution in [3.8, 4) is 0 Å². The molecule has 2 aliphatic rings. The first-order chi connectivity index (χ1) is 16.9. The number of likely N-dealkylation sites (tertiary alicyclic amines) is 1. The molecule has 3 aromatic carbocycles. The van der Waals surface area contributed by atoms with Crippen molar-refractivity contribution in [1.82, 2.24) is 4.90 Å². The van der Waals surface area contributed by atoms with Crippen LogP contribution in [0.3, 0.4) is 0 Å². The van der Waals surface area contributed by atoms with E-state index >= 15 is 0 Å². The van der Waals surface area contributed by atoms with E-state index in [1.807, 2.05) is 12.1 Å². The summed E-state index contributed by atoms with van der Waals surface area (Å²) in [6, 6.07) is 24.3. The lowest BCUT2D eigenvalue weighted by Crippen LogP contribution is -2.53. The summed E-state index contributed by atoms with van der Waals surface area (Å²) in [5.74, 6) is -4.77. The lowest BCUT2D eigenvalue weighted by Gasteiger charge is -2.42. The molecule has 2 unspecified atom stereocenters. The molecule has 3 aromatic rings. The molecule has 0 aliphatic carbocycles. The van der Waals surface area contributed by atoms with E-state index in [4.69, 9.17) is 16.3 Å². The molecule has 3 amide bonds. The molecule has 0 saturated carbocycles. The van der Waals surface area contributed by atoms with Crippen LogP contribution in [0.1, 0.15) is 11.1 Å². The number of fused-ring (bicyclic) bond motifs is 1. The van der Waals surface area contributed by atoms with Gasteiger partial charge < -0.3 is 9.64 Å². The maximum Gasteiger partial charge on any atom is 0.325 e. The van der Waals surface area contributed by atoms with E-state index in [9.17, 15) is 19.2 Å². The third-order valence-corrected chi connectivity index (χ3v) is 6.99. The van der Waals surface area contributed by atoms with Crippen molar-refractivity contribution in [3.05, 3.63) is 101 Å². The average molecular weight is 489 g/mol. The lowest BCUT2D eigenvalue weighted by atomic mass is 9.71. The SMILES string of the molecule is COC(=O)CN1C(=O)C2C(=O)N(c3ccc(Cl)cc3)C(=O)C2C1(c1ccccc1)c1ccccc1. The summed E-state index contributed by atoms with van der Waals surface area (Å²) >= 11 is 6.00. The smallest absolute Gasteiger partial charge is 0.325 e. The minimum atomic E-state index is -1.40. The van der Waals surface area contributed by atoms with E-state index in [1.165, 1.54) is 12.0 Å². The summed E-state index contributed by atoms with van der Waals surface area (Å²) < 4.78 is 4.88. The molecule has 2 saturated heterocycles. The van der Waals surface area contributed by atoms with E-state index in [1.54, 1.807) is 72.8 Å². The third-order valence-electron chi connectivity index (χ3n) is 6.74. The topological polar surface area (TPSA) is 84.0 Å². The molecule has 176 valence electrons. The van der Waals surface area contributed by atoms with Gasteiger partial charge in [-0.05, 0) is 35.4 Å². The van der Waals surface area contributed by atoms with Gasteiger partial charge in [0.2, 0.25) is 17.7 Å².